The molecule has 4 nitrogen and oxygen atoms in total. The zero-order chi connectivity index (χ0) is 20.3. The molecule has 2 N–H and O–H groups in total. The number of hydrogen-bond acceptors (Lipinski definition) is 3. The third-order valence-corrected chi connectivity index (χ3v) is 5.73. The monoisotopic (exact) mass is 560 g/mol. The van der Waals surface area contributed by atoms with Crippen LogP contribution in [0.2, 0.25) is 10.0 Å². The van der Waals surface area contributed by atoms with Gasteiger partial charge >= 0.3 is 0 Å². The maximum absolute atomic E-state index is 12.1. The lowest BCUT2D eigenvalue weighted by Gasteiger charge is -2.13. The van der Waals surface area contributed by atoms with Crippen LogP contribution < -0.4 is 15.4 Å². The predicted octanol–water partition coefficient (Wildman–Crippen LogP) is 6.56. The number of carbonyl (C=O) groups is 1. The first-order valence-electron chi connectivity index (χ1n) is 7.90. The molecule has 0 aliphatic rings. The van der Waals surface area contributed by atoms with Crippen molar-refractivity contribution in [3.05, 3.63) is 67.5 Å². The van der Waals surface area contributed by atoms with E-state index in [2.05, 4.69) is 42.5 Å². The highest BCUT2D eigenvalue weighted by molar-refractivity contribution is 9.11. The summed E-state index contributed by atoms with van der Waals surface area (Å²) >= 11 is 24.0. The van der Waals surface area contributed by atoms with Crippen molar-refractivity contribution < 1.29 is 9.53 Å². The van der Waals surface area contributed by atoms with E-state index < -0.39 is 5.91 Å². The first-order valence-corrected chi connectivity index (χ1v) is 10.6. The van der Waals surface area contributed by atoms with Crippen LogP contribution in [-0.4, -0.2) is 17.6 Å². The maximum Gasteiger partial charge on any atom is 0.264 e. The van der Waals surface area contributed by atoms with E-state index in [0.29, 0.717) is 21.5 Å². The minimum atomic E-state index is -0.398. The highest BCUT2D eigenvalue weighted by Crippen LogP contribution is 2.34. The van der Waals surface area contributed by atoms with Gasteiger partial charge in [0.1, 0.15) is 5.75 Å². The summed E-state index contributed by atoms with van der Waals surface area (Å²) in [7, 11) is 0. The normalized spacial score (nSPS) is 10.6. The Hall–Kier alpha value is -1.38. The van der Waals surface area contributed by atoms with Crippen molar-refractivity contribution in [2.24, 2.45) is 0 Å². The molecule has 9 heteroatoms. The maximum atomic E-state index is 12.1. The van der Waals surface area contributed by atoms with Crippen molar-refractivity contribution in [2.45, 2.75) is 0 Å². The number of rotatable bonds is 4. The largest absolute Gasteiger partial charge is 0.483 e. The Morgan fingerprint density at radius 3 is 2.61 bits per heavy atom. The van der Waals surface area contributed by atoms with E-state index >= 15 is 0 Å². The fourth-order valence-corrected chi connectivity index (χ4v) is 4.07. The molecule has 28 heavy (non-hydrogen) atoms. The summed E-state index contributed by atoms with van der Waals surface area (Å²) in [5.41, 5.74) is 0.542. The van der Waals surface area contributed by atoms with Crippen LogP contribution in [-0.2, 0) is 4.79 Å². The van der Waals surface area contributed by atoms with Crippen molar-refractivity contribution in [3.63, 3.8) is 0 Å². The number of hydrogen-bond donors (Lipinski definition) is 2. The molecule has 0 heterocycles. The number of halogens is 4. The molecule has 0 aliphatic heterocycles. The molecule has 0 bridgehead atoms. The summed E-state index contributed by atoms with van der Waals surface area (Å²) in [4.78, 5) is 12.1. The first kappa shape index (κ1) is 21.3. The molecule has 1 amide bonds. The zero-order valence-electron chi connectivity index (χ0n) is 14.1. The molecular formula is C19H12Br2Cl2N2O2S. The number of thiocarbonyl (C=S) groups is 1. The van der Waals surface area contributed by atoms with E-state index in [1.165, 1.54) is 0 Å². The topological polar surface area (TPSA) is 50.4 Å². The van der Waals surface area contributed by atoms with Gasteiger partial charge in [0, 0.05) is 9.50 Å². The Morgan fingerprint density at radius 1 is 1.07 bits per heavy atom. The number of amides is 1. The van der Waals surface area contributed by atoms with Gasteiger partial charge in [-0.1, -0.05) is 51.3 Å². The van der Waals surface area contributed by atoms with Gasteiger partial charge in [-0.2, -0.15) is 0 Å². The molecule has 0 unspecified atom stereocenters. The number of carbonyl (C=O) groups excluding carboxylic acids is 1. The summed E-state index contributed by atoms with van der Waals surface area (Å²) in [6.45, 7) is -0.198. The molecule has 0 saturated heterocycles. The molecule has 0 saturated carbocycles. The molecule has 0 aliphatic carbocycles. The van der Waals surface area contributed by atoms with Gasteiger partial charge in [-0.25, -0.2) is 0 Å². The highest BCUT2D eigenvalue weighted by Gasteiger charge is 2.11. The van der Waals surface area contributed by atoms with Gasteiger partial charge in [-0.05, 0) is 75.3 Å². The van der Waals surface area contributed by atoms with Crippen molar-refractivity contribution in [1.82, 2.24) is 5.32 Å². The standard InChI is InChI=1S/C19H12Br2Cl2N2O2S/c20-11-2-4-13-10(7-11)1-6-16(18(13)21)27-9-17(26)25-19(28)24-15-5-3-12(22)8-14(15)23/h1-8H,9H2,(H2,24,25,26,28). The van der Waals surface area contributed by atoms with Crippen LogP contribution >= 0.6 is 67.3 Å². The third kappa shape index (κ3) is 5.36. The lowest BCUT2D eigenvalue weighted by molar-refractivity contribution is -0.121. The highest BCUT2D eigenvalue weighted by atomic mass is 79.9. The molecule has 0 radical (unpaired) electrons. The quantitative estimate of drug-likeness (QED) is 0.353. The minimum Gasteiger partial charge on any atom is -0.483 e. The first-order chi connectivity index (χ1) is 13.3. The average Bonchev–Trinajstić information content (AvgIpc) is 2.63. The van der Waals surface area contributed by atoms with Gasteiger partial charge < -0.3 is 10.1 Å². The van der Waals surface area contributed by atoms with E-state index in [1.807, 2.05) is 24.3 Å². The fourth-order valence-electron chi connectivity index (χ4n) is 2.40. The Balaban J connectivity index is 1.59. The average molecular weight is 563 g/mol. The number of nitrogens with one attached hydrogen (secondary N) is 2. The van der Waals surface area contributed by atoms with Gasteiger partial charge in [-0.15, -0.1) is 0 Å². The fraction of sp³-hybridized carbons (Fsp3) is 0.0526. The van der Waals surface area contributed by atoms with Gasteiger partial charge in [-0.3, -0.25) is 10.1 Å². The number of benzene rings is 3. The molecule has 0 aromatic heterocycles. The number of anilines is 1. The second-order valence-corrected chi connectivity index (χ2v) is 8.62. The van der Waals surface area contributed by atoms with Crippen LogP contribution in [0.1, 0.15) is 0 Å². The summed E-state index contributed by atoms with van der Waals surface area (Å²) in [5, 5.41) is 8.44. The second-order valence-electron chi connectivity index (χ2n) is 5.66. The van der Waals surface area contributed by atoms with E-state index in [9.17, 15) is 4.79 Å². The van der Waals surface area contributed by atoms with E-state index in [4.69, 9.17) is 40.2 Å². The zero-order valence-corrected chi connectivity index (χ0v) is 19.6. The van der Waals surface area contributed by atoms with Crippen LogP contribution in [0.5, 0.6) is 5.75 Å². The summed E-state index contributed by atoms with van der Waals surface area (Å²) < 4.78 is 7.39. The number of ether oxygens (including phenoxy) is 1. The van der Waals surface area contributed by atoms with Crippen LogP contribution in [0.15, 0.2) is 57.5 Å². The third-order valence-electron chi connectivity index (χ3n) is 3.67. The van der Waals surface area contributed by atoms with Gasteiger partial charge in [0.05, 0.1) is 15.2 Å². The molecular weight excluding hydrogens is 551 g/mol. The van der Waals surface area contributed by atoms with Crippen molar-refractivity contribution >= 4 is 94.8 Å². The lowest BCUT2D eigenvalue weighted by Crippen LogP contribution is -2.37. The summed E-state index contributed by atoms with van der Waals surface area (Å²) in [5.74, 6) is 0.162. The summed E-state index contributed by atoms with van der Waals surface area (Å²) in [6.07, 6.45) is 0. The van der Waals surface area contributed by atoms with Crippen LogP contribution in [0.4, 0.5) is 5.69 Å². The SMILES string of the molecule is O=C(COc1ccc2cc(Br)ccc2c1Br)NC(=S)Nc1ccc(Cl)cc1Cl. The van der Waals surface area contributed by atoms with Gasteiger partial charge in [0.25, 0.3) is 5.91 Å². The predicted molar refractivity (Wildman–Crippen MR) is 126 cm³/mol. The van der Waals surface area contributed by atoms with Crippen molar-refractivity contribution in [1.29, 1.82) is 0 Å². The molecule has 3 aromatic carbocycles. The number of fused-ring (bicyclic) bond motifs is 1. The minimum absolute atomic E-state index is 0.111. The molecule has 3 rings (SSSR count). The van der Waals surface area contributed by atoms with Crippen LogP contribution in [0.3, 0.4) is 0 Å². The van der Waals surface area contributed by atoms with Crippen molar-refractivity contribution in [3.8, 4) is 5.75 Å². The Morgan fingerprint density at radius 2 is 1.86 bits per heavy atom. The molecule has 144 valence electrons. The Kier molecular flexibility index (Phi) is 7.17. The summed E-state index contributed by atoms with van der Waals surface area (Å²) in [6, 6.07) is 14.5. The van der Waals surface area contributed by atoms with Gasteiger partial charge in [0.15, 0.2) is 11.7 Å². The van der Waals surface area contributed by atoms with Crippen LogP contribution in [0.25, 0.3) is 10.8 Å². The van der Waals surface area contributed by atoms with E-state index in [1.54, 1.807) is 24.3 Å². The van der Waals surface area contributed by atoms with E-state index in [0.717, 1.165) is 19.7 Å². The second kappa shape index (κ2) is 9.41. The van der Waals surface area contributed by atoms with Crippen molar-refractivity contribution in [2.75, 3.05) is 11.9 Å². The Bertz CT molecular complexity index is 1080. The lowest BCUT2D eigenvalue weighted by atomic mass is 10.1. The van der Waals surface area contributed by atoms with Crippen LogP contribution in [0, 0.1) is 0 Å². The smallest absolute Gasteiger partial charge is 0.264 e. The van der Waals surface area contributed by atoms with E-state index in [-0.39, 0.29) is 11.7 Å². The molecule has 3 aromatic rings. The molecule has 0 atom stereocenters. The van der Waals surface area contributed by atoms with Gasteiger partial charge in [0.2, 0.25) is 0 Å². The Labute approximate surface area is 193 Å². The molecule has 0 fully saturated rings. The molecule has 0 spiro atoms.